The van der Waals surface area contributed by atoms with Crippen molar-refractivity contribution in [2.45, 2.75) is 63.5 Å². The molecule has 0 radical (unpaired) electrons. The molecule has 1 aromatic heterocycles. The molecular weight excluding hydrogens is 427 g/mol. The highest BCUT2D eigenvalue weighted by Crippen LogP contribution is 2.43. The molecule has 0 unspecified atom stereocenters. The zero-order valence-corrected chi connectivity index (χ0v) is 17.9. The van der Waals surface area contributed by atoms with E-state index in [4.69, 9.17) is 20.3 Å². The number of nitrogens with two attached hydrogens (primary N) is 1. The third kappa shape index (κ3) is 5.67. The highest BCUT2D eigenvalue weighted by molar-refractivity contribution is 5.73. The molecule has 0 bridgehead atoms. The van der Waals surface area contributed by atoms with E-state index in [1.54, 1.807) is 7.11 Å². The highest BCUT2D eigenvalue weighted by atomic mass is 19.4. The van der Waals surface area contributed by atoms with E-state index >= 15 is 0 Å². The number of nitrogen functional groups attached to an aromatic ring is 1. The molecule has 1 saturated carbocycles. The monoisotopic (exact) mass is 455 g/mol. The number of anilines is 1. The fraction of sp³-hybridized carbons (Fsp3) is 0.545. The Kier molecular flexibility index (Phi) is 7.91. The van der Waals surface area contributed by atoms with Crippen LogP contribution in [-0.2, 0) is 22.3 Å². The molecule has 0 saturated heterocycles. The lowest BCUT2D eigenvalue weighted by molar-refractivity contribution is -0.137. The third-order valence-corrected chi connectivity index (χ3v) is 5.63. The number of hydrogen-bond donors (Lipinski definition) is 3. The van der Waals surface area contributed by atoms with Gasteiger partial charge in [0.25, 0.3) is 0 Å². The van der Waals surface area contributed by atoms with Crippen LogP contribution in [0.2, 0.25) is 0 Å². The Hall–Kier alpha value is -2.43. The van der Waals surface area contributed by atoms with Crippen molar-refractivity contribution in [1.29, 1.82) is 0 Å². The first-order valence-corrected chi connectivity index (χ1v) is 10.6. The number of phenols is 1. The average Bonchev–Trinajstić information content (AvgIpc) is 3.18. The summed E-state index contributed by atoms with van der Waals surface area (Å²) in [5, 5.41) is 26.8. The molecule has 0 spiro atoms. The minimum absolute atomic E-state index is 0.0359. The van der Waals surface area contributed by atoms with Gasteiger partial charge in [0.1, 0.15) is 11.4 Å². The molecule has 4 N–H and O–H groups in total. The number of methoxy groups -OCH3 is 1. The first kappa shape index (κ1) is 24.2. The summed E-state index contributed by atoms with van der Waals surface area (Å²) in [6.07, 6.45) is 1.60. The van der Waals surface area contributed by atoms with Crippen LogP contribution in [0.1, 0.15) is 61.3 Å². The Labute approximate surface area is 184 Å². The van der Waals surface area contributed by atoms with Gasteiger partial charge in [-0.05, 0) is 31.0 Å². The molecule has 4 rings (SSSR count). The number of phenolic OH excluding ortho intramolecular Hbond substituents is 1. The molecule has 2 aromatic rings. The number of halogens is 3. The zero-order valence-electron chi connectivity index (χ0n) is 17.9. The Bertz CT molecular complexity index is 918. The number of hydrogen-bond acceptors (Lipinski definition) is 7. The summed E-state index contributed by atoms with van der Waals surface area (Å²) in [4.78, 5) is 0. The van der Waals surface area contributed by atoms with Gasteiger partial charge in [-0.2, -0.15) is 13.2 Å². The van der Waals surface area contributed by atoms with E-state index in [-0.39, 0.29) is 35.9 Å². The van der Waals surface area contributed by atoms with Crippen molar-refractivity contribution < 1.29 is 32.9 Å². The van der Waals surface area contributed by atoms with Crippen molar-refractivity contribution in [3.05, 3.63) is 34.9 Å². The number of aliphatic hydroxyl groups is 1. The van der Waals surface area contributed by atoms with Crippen LogP contribution in [0.25, 0.3) is 11.3 Å². The third-order valence-electron chi connectivity index (χ3n) is 5.63. The van der Waals surface area contributed by atoms with E-state index in [1.807, 2.05) is 0 Å². The molecule has 1 atom stereocenters. The molecule has 1 aromatic carbocycles. The molecular formula is C22H28F3N3O4. The first-order valence-electron chi connectivity index (χ1n) is 10.6. The number of alkyl halides is 3. The number of fused-ring (bicyclic) bond motifs is 1. The van der Waals surface area contributed by atoms with Gasteiger partial charge in [-0.15, -0.1) is 10.2 Å². The van der Waals surface area contributed by atoms with Crippen molar-refractivity contribution in [1.82, 2.24) is 10.2 Å². The minimum atomic E-state index is -4.54. The van der Waals surface area contributed by atoms with Crippen molar-refractivity contribution in [3.8, 4) is 17.0 Å². The van der Waals surface area contributed by atoms with Crippen LogP contribution in [0, 0.1) is 0 Å². The van der Waals surface area contributed by atoms with Crippen molar-refractivity contribution in [2.75, 3.05) is 19.5 Å². The standard InChI is InChI=1S/C16H16F3N3O3.C6H12O/c1-24-5-4-12-13-10(7-25-12)14(21-22-15(13)20)9-3-2-8(6-11(9)23)16(17,18)19;7-6-4-2-1-3-5-6/h2-3,6,12,23H,4-5,7H2,1H3,(H2,20,22);6-7H,1-5H2/t12-;/m1./s1. The van der Waals surface area contributed by atoms with Gasteiger partial charge in [-0.1, -0.05) is 19.3 Å². The van der Waals surface area contributed by atoms with Crippen molar-refractivity contribution in [2.24, 2.45) is 0 Å². The second kappa shape index (κ2) is 10.5. The van der Waals surface area contributed by atoms with E-state index in [2.05, 4.69) is 10.2 Å². The number of rotatable bonds is 4. The molecule has 32 heavy (non-hydrogen) atoms. The summed E-state index contributed by atoms with van der Waals surface area (Å²) in [6, 6.07) is 2.72. The first-order chi connectivity index (χ1) is 15.2. The van der Waals surface area contributed by atoms with Gasteiger partial charge >= 0.3 is 6.18 Å². The van der Waals surface area contributed by atoms with Crippen LogP contribution >= 0.6 is 0 Å². The number of aromatic hydroxyl groups is 1. The predicted molar refractivity (Wildman–Crippen MR) is 112 cm³/mol. The SMILES string of the molecule is COCC[C@H]1OCc2c(-c3ccc(C(F)(F)F)cc3O)nnc(N)c21.OC1CCCCC1. The molecule has 1 aliphatic carbocycles. The molecule has 0 amide bonds. The average molecular weight is 455 g/mol. The summed E-state index contributed by atoms with van der Waals surface area (Å²) < 4.78 is 49.0. The summed E-state index contributed by atoms with van der Waals surface area (Å²) in [5.74, 6) is -0.333. The molecule has 10 heteroatoms. The molecule has 1 fully saturated rings. The molecule has 2 heterocycles. The Morgan fingerprint density at radius 1 is 1.19 bits per heavy atom. The van der Waals surface area contributed by atoms with Crippen molar-refractivity contribution in [3.63, 3.8) is 0 Å². The molecule has 2 aliphatic rings. The van der Waals surface area contributed by atoms with E-state index < -0.39 is 17.5 Å². The fourth-order valence-electron chi connectivity index (χ4n) is 3.93. The van der Waals surface area contributed by atoms with Gasteiger partial charge in [0.15, 0.2) is 5.82 Å². The van der Waals surface area contributed by atoms with E-state index in [9.17, 15) is 18.3 Å². The second-order valence-electron chi connectivity index (χ2n) is 7.93. The minimum Gasteiger partial charge on any atom is -0.507 e. The molecule has 1 aliphatic heterocycles. The Morgan fingerprint density at radius 3 is 2.47 bits per heavy atom. The van der Waals surface area contributed by atoms with Gasteiger partial charge in [0.2, 0.25) is 0 Å². The van der Waals surface area contributed by atoms with Crippen molar-refractivity contribution >= 4 is 5.82 Å². The maximum Gasteiger partial charge on any atom is 0.416 e. The number of ether oxygens (including phenoxy) is 2. The Balaban J connectivity index is 0.000000352. The number of benzene rings is 1. The smallest absolute Gasteiger partial charge is 0.416 e. The van der Waals surface area contributed by atoms with Crippen LogP contribution in [0.4, 0.5) is 19.0 Å². The van der Waals surface area contributed by atoms with Crippen LogP contribution in [0.5, 0.6) is 5.75 Å². The Morgan fingerprint density at radius 2 is 1.91 bits per heavy atom. The number of aromatic nitrogens is 2. The summed E-state index contributed by atoms with van der Waals surface area (Å²) in [6.45, 7) is 0.631. The normalized spacial score (nSPS) is 18.7. The lowest BCUT2D eigenvalue weighted by Crippen LogP contribution is -2.09. The van der Waals surface area contributed by atoms with Crippen LogP contribution < -0.4 is 5.73 Å². The summed E-state index contributed by atoms with van der Waals surface area (Å²) in [5.41, 5.74) is 6.61. The molecule has 176 valence electrons. The highest BCUT2D eigenvalue weighted by Gasteiger charge is 2.33. The largest absolute Gasteiger partial charge is 0.507 e. The number of aliphatic hydroxyl groups excluding tert-OH is 1. The maximum atomic E-state index is 12.8. The quantitative estimate of drug-likeness (QED) is 0.628. The van der Waals surface area contributed by atoms with Gasteiger partial charge < -0.3 is 25.4 Å². The zero-order chi connectivity index (χ0) is 23.3. The van der Waals surface area contributed by atoms with Gasteiger partial charge in [-0.25, -0.2) is 0 Å². The topological polar surface area (TPSA) is 111 Å². The second-order valence-corrected chi connectivity index (χ2v) is 7.93. The van der Waals surface area contributed by atoms with Gasteiger partial charge in [0, 0.05) is 36.8 Å². The lowest BCUT2D eigenvalue weighted by atomic mass is 9.98. The summed E-state index contributed by atoms with van der Waals surface area (Å²) >= 11 is 0. The predicted octanol–water partition coefficient (Wildman–Crippen LogP) is 4.37. The van der Waals surface area contributed by atoms with E-state index in [1.165, 1.54) is 25.3 Å². The number of nitrogens with zero attached hydrogens (tertiary/aromatic N) is 2. The van der Waals surface area contributed by atoms with Crippen LogP contribution in [0.3, 0.4) is 0 Å². The van der Waals surface area contributed by atoms with E-state index in [0.29, 0.717) is 30.2 Å². The summed E-state index contributed by atoms with van der Waals surface area (Å²) in [7, 11) is 1.57. The fourth-order valence-corrected chi connectivity index (χ4v) is 3.93. The van der Waals surface area contributed by atoms with Crippen LogP contribution in [0.15, 0.2) is 18.2 Å². The lowest BCUT2D eigenvalue weighted by Gasteiger charge is -2.14. The van der Waals surface area contributed by atoms with E-state index in [0.717, 1.165) is 18.9 Å². The van der Waals surface area contributed by atoms with Gasteiger partial charge in [0.05, 0.1) is 24.4 Å². The van der Waals surface area contributed by atoms with Gasteiger partial charge in [-0.3, -0.25) is 0 Å². The van der Waals surface area contributed by atoms with Crippen LogP contribution in [-0.4, -0.2) is 40.2 Å². The maximum absolute atomic E-state index is 12.8. The molecule has 7 nitrogen and oxygen atoms in total.